The van der Waals surface area contributed by atoms with Gasteiger partial charge in [-0.1, -0.05) is 30.3 Å². The Morgan fingerprint density at radius 1 is 1.07 bits per heavy atom. The van der Waals surface area contributed by atoms with E-state index in [1.54, 1.807) is 6.07 Å². The largest absolute Gasteiger partial charge is 0.445 e. The summed E-state index contributed by atoms with van der Waals surface area (Å²) in [4.78, 5) is 24.3. The number of carbonyl (C=O) groups is 2. The molecule has 0 radical (unpaired) electrons. The van der Waals surface area contributed by atoms with E-state index in [9.17, 15) is 18.0 Å². The summed E-state index contributed by atoms with van der Waals surface area (Å²) < 4.78 is 37.1. The van der Waals surface area contributed by atoms with Crippen molar-refractivity contribution in [3.8, 4) is 0 Å². The van der Waals surface area contributed by atoms with Gasteiger partial charge in [-0.2, -0.15) is 4.31 Å². The van der Waals surface area contributed by atoms with Gasteiger partial charge in [0.15, 0.2) is 0 Å². The number of nitrogens with zero attached hydrogens (tertiary/aromatic N) is 1. The zero-order chi connectivity index (χ0) is 21.4. The van der Waals surface area contributed by atoms with E-state index in [-0.39, 0.29) is 23.9 Å². The number of thiophene rings is 1. The van der Waals surface area contributed by atoms with Crippen LogP contribution in [0.25, 0.3) is 0 Å². The summed E-state index contributed by atoms with van der Waals surface area (Å²) in [5, 5.41) is 5.02. The quantitative estimate of drug-likeness (QED) is 0.623. The predicted octanol–water partition coefficient (Wildman–Crippen LogP) is 1.31. The number of benzene rings is 1. The molecule has 2 amide bonds. The van der Waals surface area contributed by atoms with Crippen LogP contribution in [0.1, 0.15) is 10.4 Å². The lowest BCUT2D eigenvalue weighted by atomic mass is 10.2. The number of hydrogen-bond acceptors (Lipinski definition) is 7. The van der Waals surface area contributed by atoms with E-state index in [1.165, 1.54) is 10.4 Å². The molecule has 1 aliphatic rings. The second kappa shape index (κ2) is 10.5. The lowest BCUT2D eigenvalue weighted by Crippen LogP contribution is -2.40. The van der Waals surface area contributed by atoms with E-state index in [0.29, 0.717) is 31.2 Å². The number of carbonyl (C=O) groups excluding carboxylic acids is 2. The van der Waals surface area contributed by atoms with Crippen molar-refractivity contribution in [1.82, 2.24) is 14.9 Å². The third-order valence-corrected chi connectivity index (χ3v) is 7.72. The van der Waals surface area contributed by atoms with Crippen molar-refractivity contribution in [3.63, 3.8) is 0 Å². The molecular weight excluding hydrogens is 430 g/mol. The van der Waals surface area contributed by atoms with Crippen molar-refractivity contribution in [2.45, 2.75) is 17.4 Å². The molecule has 1 aromatic heterocycles. The fourth-order valence-electron chi connectivity index (χ4n) is 2.68. The normalized spacial score (nSPS) is 14.8. The highest BCUT2D eigenvalue weighted by Crippen LogP contribution is 2.25. The SMILES string of the molecule is O=C(CNC(=O)OCc1ccccc1)NCc1ccc(S(=O)(=O)N2CCOCC2)s1. The van der Waals surface area contributed by atoms with Crippen LogP contribution in [0.3, 0.4) is 0 Å². The van der Waals surface area contributed by atoms with Gasteiger partial charge in [-0.25, -0.2) is 13.2 Å². The Bertz CT molecular complexity index is 956. The number of alkyl carbamates (subject to hydrolysis) is 1. The maximum Gasteiger partial charge on any atom is 0.407 e. The molecule has 1 aromatic carbocycles. The maximum atomic E-state index is 12.6. The zero-order valence-corrected chi connectivity index (χ0v) is 17.8. The highest BCUT2D eigenvalue weighted by atomic mass is 32.2. The third-order valence-electron chi connectivity index (χ3n) is 4.27. The maximum absolute atomic E-state index is 12.6. The highest BCUT2D eigenvalue weighted by molar-refractivity contribution is 7.91. The average molecular weight is 454 g/mol. The van der Waals surface area contributed by atoms with Gasteiger partial charge in [0, 0.05) is 18.0 Å². The molecule has 1 aliphatic heterocycles. The summed E-state index contributed by atoms with van der Waals surface area (Å²) in [5.41, 5.74) is 0.845. The van der Waals surface area contributed by atoms with Crippen molar-refractivity contribution in [2.24, 2.45) is 0 Å². The van der Waals surface area contributed by atoms with Gasteiger partial charge in [0.2, 0.25) is 5.91 Å². The molecule has 9 nitrogen and oxygen atoms in total. The van der Waals surface area contributed by atoms with Gasteiger partial charge in [0.25, 0.3) is 10.0 Å². The summed E-state index contributed by atoms with van der Waals surface area (Å²) in [6.07, 6.45) is -0.691. The number of amides is 2. The zero-order valence-electron chi connectivity index (χ0n) is 16.2. The van der Waals surface area contributed by atoms with Crippen molar-refractivity contribution >= 4 is 33.4 Å². The number of sulfonamides is 1. The van der Waals surface area contributed by atoms with Crippen LogP contribution >= 0.6 is 11.3 Å². The molecule has 0 unspecified atom stereocenters. The Balaban J connectivity index is 1.40. The number of ether oxygens (including phenoxy) is 2. The molecule has 0 saturated carbocycles. The summed E-state index contributed by atoms with van der Waals surface area (Å²) >= 11 is 1.11. The second-order valence-electron chi connectivity index (χ2n) is 6.43. The molecule has 2 heterocycles. The van der Waals surface area contributed by atoms with Crippen LogP contribution in [-0.2, 0) is 37.4 Å². The van der Waals surface area contributed by atoms with Gasteiger partial charge in [-0.15, -0.1) is 11.3 Å². The Hall–Kier alpha value is -2.47. The molecule has 11 heteroatoms. The highest BCUT2D eigenvalue weighted by Gasteiger charge is 2.27. The molecule has 3 rings (SSSR count). The monoisotopic (exact) mass is 453 g/mol. The number of nitrogens with one attached hydrogen (secondary N) is 2. The van der Waals surface area contributed by atoms with E-state index in [1.807, 2.05) is 30.3 Å². The van der Waals surface area contributed by atoms with E-state index >= 15 is 0 Å². The van der Waals surface area contributed by atoms with E-state index in [4.69, 9.17) is 9.47 Å². The molecule has 30 heavy (non-hydrogen) atoms. The number of hydrogen-bond donors (Lipinski definition) is 2. The predicted molar refractivity (Wildman–Crippen MR) is 110 cm³/mol. The molecule has 0 aliphatic carbocycles. The van der Waals surface area contributed by atoms with Gasteiger partial charge in [0.05, 0.1) is 19.8 Å². The molecule has 2 aromatic rings. The Morgan fingerprint density at radius 2 is 1.80 bits per heavy atom. The van der Waals surface area contributed by atoms with Crippen molar-refractivity contribution in [3.05, 3.63) is 52.9 Å². The summed E-state index contributed by atoms with van der Waals surface area (Å²) in [5.74, 6) is -0.405. The average Bonchev–Trinajstić information content (AvgIpc) is 3.26. The minimum atomic E-state index is -3.54. The molecule has 162 valence electrons. The lowest BCUT2D eigenvalue weighted by molar-refractivity contribution is -0.120. The van der Waals surface area contributed by atoms with Crippen molar-refractivity contribution < 1.29 is 27.5 Å². The van der Waals surface area contributed by atoms with Crippen LogP contribution in [0.2, 0.25) is 0 Å². The molecule has 0 spiro atoms. The molecule has 1 saturated heterocycles. The van der Waals surface area contributed by atoms with Crippen LogP contribution in [-0.4, -0.2) is 57.6 Å². The Kier molecular flexibility index (Phi) is 7.80. The van der Waals surface area contributed by atoms with E-state index in [2.05, 4.69) is 10.6 Å². The molecular formula is C19H23N3O6S2. The summed E-state index contributed by atoms with van der Waals surface area (Å²) in [7, 11) is -3.54. The van der Waals surface area contributed by atoms with Crippen molar-refractivity contribution in [1.29, 1.82) is 0 Å². The van der Waals surface area contributed by atoms with E-state index in [0.717, 1.165) is 16.9 Å². The Morgan fingerprint density at radius 3 is 2.53 bits per heavy atom. The topological polar surface area (TPSA) is 114 Å². The molecule has 2 N–H and O–H groups in total. The van der Waals surface area contributed by atoms with E-state index < -0.39 is 22.0 Å². The molecule has 0 atom stereocenters. The minimum absolute atomic E-state index is 0.115. The summed E-state index contributed by atoms with van der Waals surface area (Å²) in [6.45, 7) is 1.48. The smallest absolute Gasteiger partial charge is 0.407 e. The van der Waals surface area contributed by atoms with Crippen LogP contribution in [0.5, 0.6) is 0 Å². The fraction of sp³-hybridized carbons (Fsp3) is 0.368. The van der Waals surface area contributed by atoms with Gasteiger partial charge < -0.3 is 20.1 Å². The van der Waals surface area contributed by atoms with Gasteiger partial charge in [-0.05, 0) is 17.7 Å². The van der Waals surface area contributed by atoms with Gasteiger partial charge in [0.1, 0.15) is 17.4 Å². The standard InChI is InChI=1S/C19H23N3O6S2/c23-17(13-21-19(24)28-14-15-4-2-1-3-5-15)20-12-16-6-7-18(29-16)30(25,26)22-8-10-27-11-9-22/h1-7H,8-14H2,(H,20,23)(H,21,24). The van der Waals surface area contributed by atoms with Gasteiger partial charge in [-0.3, -0.25) is 4.79 Å². The number of morpholine rings is 1. The van der Waals surface area contributed by atoms with Crippen LogP contribution in [0, 0.1) is 0 Å². The van der Waals surface area contributed by atoms with Crippen LogP contribution in [0.15, 0.2) is 46.7 Å². The molecule has 1 fully saturated rings. The first-order chi connectivity index (χ1) is 14.4. The first-order valence-electron chi connectivity index (χ1n) is 9.33. The number of rotatable bonds is 8. The van der Waals surface area contributed by atoms with Crippen molar-refractivity contribution in [2.75, 3.05) is 32.8 Å². The molecule has 0 bridgehead atoms. The first-order valence-corrected chi connectivity index (χ1v) is 11.6. The Labute approximate surface area is 179 Å². The van der Waals surface area contributed by atoms with Crippen LogP contribution < -0.4 is 10.6 Å². The van der Waals surface area contributed by atoms with Gasteiger partial charge >= 0.3 is 6.09 Å². The minimum Gasteiger partial charge on any atom is -0.445 e. The van der Waals surface area contributed by atoms with Crippen LogP contribution in [0.4, 0.5) is 4.79 Å². The first kappa shape index (κ1) is 22.2. The summed E-state index contributed by atoms with van der Waals surface area (Å²) in [6, 6.07) is 12.4. The lowest BCUT2D eigenvalue weighted by Gasteiger charge is -2.25. The second-order valence-corrected chi connectivity index (χ2v) is 9.76. The fourth-order valence-corrected chi connectivity index (χ4v) is 5.54. The third kappa shape index (κ3) is 6.26.